The topological polar surface area (TPSA) is 55.1 Å². The highest BCUT2D eigenvalue weighted by Crippen LogP contribution is 2.19. The van der Waals surface area contributed by atoms with E-state index >= 15 is 0 Å². The lowest BCUT2D eigenvalue weighted by Crippen LogP contribution is -2.02. The summed E-state index contributed by atoms with van der Waals surface area (Å²) >= 11 is 1.32. The van der Waals surface area contributed by atoms with E-state index in [4.69, 9.17) is 5.11 Å². The first kappa shape index (κ1) is 11.1. The first-order valence-corrected chi connectivity index (χ1v) is 5.57. The molecule has 0 aliphatic carbocycles. The maximum absolute atomic E-state index is 10.4. The fourth-order valence-corrected chi connectivity index (χ4v) is 1.91. The molecule has 0 aliphatic rings. The van der Waals surface area contributed by atoms with E-state index in [1.807, 2.05) is 24.6 Å². The molecule has 4 nitrogen and oxygen atoms in total. The van der Waals surface area contributed by atoms with E-state index in [0.717, 1.165) is 23.7 Å². The number of hydrogen-bond acceptors (Lipinski definition) is 3. The van der Waals surface area contributed by atoms with Crippen molar-refractivity contribution < 1.29 is 9.90 Å². The standard InChI is InChI=1S/C9H14N2O2S/c1-3-7-5-8(11(4-2)10-7)14-6-9(12)13/h5H,3-4,6H2,1-2H3,(H,12,13). The van der Waals surface area contributed by atoms with Gasteiger partial charge in [0.25, 0.3) is 0 Å². The Morgan fingerprint density at radius 1 is 1.64 bits per heavy atom. The second kappa shape index (κ2) is 5.05. The van der Waals surface area contributed by atoms with Gasteiger partial charge in [0.15, 0.2) is 0 Å². The van der Waals surface area contributed by atoms with Crippen molar-refractivity contribution in [1.29, 1.82) is 0 Å². The Morgan fingerprint density at radius 2 is 2.36 bits per heavy atom. The van der Waals surface area contributed by atoms with E-state index in [0.29, 0.717) is 0 Å². The molecule has 0 unspecified atom stereocenters. The van der Waals surface area contributed by atoms with E-state index in [1.54, 1.807) is 0 Å². The van der Waals surface area contributed by atoms with Gasteiger partial charge in [0.1, 0.15) is 0 Å². The molecule has 14 heavy (non-hydrogen) atoms. The average molecular weight is 214 g/mol. The zero-order valence-electron chi connectivity index (χ0n) is 8.36. The molecule has 0 saturated carbocycles. The minimum atomic E-state index is -0.795. The molecule has 0 atom stereocenters. The van der Waals surface area contributed by atoms with Gasteiger partial charge in [-0.05, 0) is 19.4 Å². The van der Waals surface area contributed by atoms with Crippen LogP contribution < -0.4 is 0 Å². The van der Waals surface area contributed by atoms with Crippen molar-refractivity contribution in [2.45, 2.75) is 31.8 Å². The highest BCUT2D eigenvalue weighted by molar-refractivity contribution is 7.99. The molecule has 1 heterocycles. The minimum absolute atomic E-state index is 0.0921. The van der Waals surface area contributed by atoms with Crippen LogP contribution in [0.1, 0.15) is 19.5 Å². The van der Waals surface area contributed by atoms with Crippen molar-refractivity contribution in [3.05, 3.63) is 11.8 Å². The Morgan fingerprint density at radius 3 is 2.86 bits per heavy atom. The molecule has 0 fully saturated rings. The Kier molecular flexibility index (Phi) is 4.00. The zero-order chi connectivity index (χ0) is 10.6. The van der Waals surface area contributed by atoms with Crippen LogP contribution >= 0.6 is 11.8 Å². The van der Waals surface area contributed by atoms with Crippen LogP contribution in [0.15, 0.2) is 11.1 Å². The third-order valence-electron chi connectivity index (χ3n) is 1.80. The fraction of sp³-hybridized carbons (Fsp3) is 0.556. The number of hydrogen-bond donors (Lipinski definition) is 1. The summed E-state index contributed by atoms with van der Waals surface area (Å²) in [5, 5.41) is 13.8. The van der Waals surface area contributed by atoms with E-state index in [1.165, 1.54) is 11.8 Å². The van der Waals surface area contributed by atoms with E-state index in [2.05, 4.69) is 5.10 Å². The summed E-state index contributed by atoms with van der Waals surface area (Å²) in [6, 6.07) is 1.96. The van der Waals surface area contributed by atoms with Crippen molar-refractivity contribution in [2.75, 3.05) is 5.75 Å². The molecular weight excluding hydrogens is 200 g/mol. The highest BCUT2D eigenvalue weighted by Gasteiger charge is 2.07. The Hall–Kier alpha value is -0.970. The third kappa shape index (κ3) is 2.77. The molecule has 0 bridgehead atoms. The maximum atomic E-state index is 10.4. The molecule has 0 aromatic carbocycles. The third-order valence-corrected chi connectivity index (χ3v) is 2.81. The van der Waals surface area contributed by atoms with Crippen molar-refractivity contribution >= 4 is 17.7 Å². The van der Waals surface area contributed by atoms with Crippen LogP contribution in [-0.4, -0.2) is 26.6 Å². The first-order chi connectivity index (χ1) is 6.67. The lowest BCUT2D eigenvalue weighted by atomic mass is 10.3. The molecule has 0 saturated heterocycles. The quantitative estimate of drug-likeness (QED) is 0.757. The fourth-order valence-electron chi connectivity index (χ4n) is 1.10. The molecular formula is C9H14N2O2S. The van der Waals surface area contributed by atoms with Gasteiger partial charge in [0.05, 0.1) is 16.5 Å². The molecule has 78 valence electrons. The van der Waals surface area contributed by atoms with Gasteiger partial charge in [-0.1, -0.05) is 18.7 Å². The lowest BCUT2D eigenvalue weighted by Gasteiger charge is -2.00. The monoisotopic (exact) mass is 214 g/mol. The molecule has 1 N–H and O–H groups in total. The molecule has 0 radical (unpaired) electrons. The Labute approximate surface area is 87.3 Å². The normalized spacial score (nSPS) is 10.4. The smallest absolute Gasteiger partial charge is 0.313 e. The first-order valence-electron chi connectivity index (χ1n) is 4.58. The molecule has 1 rings (SSSR count). The van der Waals surface area contributed by atoms with Gasteiger partial charge in [-0.25, -0.2) is 0 Å². The van der Waals surface area contributed by atoms with Gasteiger partial charge in [-0.2, -0.15) is 5.10 Å². The van der Waals surface area contributed by atoms with Crippen LogP contribution in [0.4, 0.5) is 0 Å². The number of carbonyl (C=O) groups is 1. The van der Waals surface area contributed by atoms with Crippen LogP contribution in [0.25, 0.3) is 0 Å². The molecule has 0 spiro atoms. The number of nitrogens with zero attached hydrogens (tertiary/aromatic N) is 2. The van der Waals surface area contributed by atoms with Gasteiger partial charge < -0.3 is 5.11 Å². The number of aromatic nitrogens is 2. The van der Waals surface area contributed by atoms with Gasteiger partial charge in [0, 0.05) is 6.54 Å². The number of thioether (sulfide) groups is 1. The van der Waals surface area contributed by atoms with E-state index < -0.39 is 5.97 Å². The second-order valence-electron chi connectivity index (χ2n) is 2.83. The van der Waals surface area contributed by atoms with Crippen LogP contribution in [-0.2, 0) is 17.8 Å². The van der Waals surface area contributed by atoms with Crippen molar-refractivity contribution in [1.82, 2.24) is 9.78 Å². The molecule has 0 aliphatic heterocycles. The van der Waals surface area contributed by atoms with Crippen molar-refractivity contribution in [3.63, 3.8) is 0 Å². The van der Waals surface area contributed by atoms with Crippen molar-refractivity contribution in [2.24, 2.45) is 0 Å². The predicted octanol–water partition coefficient (Wildman–Crippen LogP) is 1.64. The number of carboxylic acid groups (broad SMARTS) is 1. The largest absolute Gasteiger partial charge is 0.481 e. The molecule has 5 heteroatoms. The van der Waals surface area contributed by atoms with E-state index in [-0.39, 0.29) is 5.75 Å². The van der Waals surface area contributed by atoms with Crippen LogP contribution in [0.5, 0.6) is 0 Å². The predicted molar refractivity (Wildman–Crippen MR) is 55.6 cm³/mol. The number of aryl methyl sites for hydroxylation is 2. The van der Waals surface area contributed by atoms with Crippen LogP contribution in [0, 0.1) is 0 Å². The second-order valence-corrected chi connectivity index (χ2v) is 3.82. The zero-order valence-corrected chi connectivity index (χ0v) is 9.17. The number of rotatable bonds is 5. The van der Waals surface area contributed by atoms with Gasteiger partial charge in [-0.15, -0.1) is 0 Å². The minimum Gasteiger partial charge on any atom is -0.481 e. The molecule has 1 aromatic heterocycles. The molecule has 1 aromatic rings. The Balaban J connectivity index is 2.73. The summed E-state index contributed by atoms with van der Waals surface area (Å²) in [7, 11) is 0. The van der Waals surface area contributed by atoms with E-state index in [9.17, 15) is 4.79 Å². The summed E-state index contributed by atoms with van der Waals surface area (Å²) < 4.78 is 1.84. The summed E-state index contributed by atoms with van der Waals surface area (Å²) in [6.07, 6.45) is 0.883. The van der Waals surface area contributed by atoms with Crippen LogP contribution in [0.3, 0.4) is 0 Å². The maximum Gasteiger partial charge on any atom is 0.313 e. The summed E-state index contributed by atoms with van der Waals surface area (Å²) in [6.45, 7) is 4.81. The summed E-state index contributed by atoms with van der Waals surface area (Å²) in [4.78, 5) is 10.4. The average Bonchev–Trinajstić information content (AvgIpc) is 2.57. The summed E-state index contributed by atoms with van der Waals surface area (Å²) in [5.74, 6) is -0.702. The molecule has 0 amide bonds. The number of aliphatic carboxylic acids is 1. The SMILES string of the molecule is CCc1cc(SCC(=O)O)n(CC)n1. The lowest BCUT2D eigenvalue weighted by molar-refractivity contribution is -0.133. The Bertz CT molecular complexity index is 323. The van der Waals surface area contributed by atoms with Crippen LogP contribution in [0.2, 0.25) is 0 Å². The van der Waals surface area contributed by atoms with Gasteiger partial charge >= 0.3 is 5.97 Å². The van der Waals surface area contributed by atoms with Crippen molar-refractivity contribution in [3.8, 4) is 0 Å². The van der Waals surface area contributed by atoms with Gasteiger partial charge in [0.2, 0.25) is 0 Å². The number of carboxylic acids is 1. The summed E-state index contributed by atoms with van der Waals surface area (Å²) in [5.41, 5.74) is 1.01. The highest BCUT2D eigenvalue weighted by atomic mass is 32.2. The van der Waals surface area contributed by atoms with Gasteiger partial charge in [-0.3, -0.25) is 9.48 Å².